The van der Waals surface area contributed by atoms with Crippen LogP contribution in [0.1, 0.15) is 32.3 Å². The number of carbonyl (C=O) groups is 1. The molecule has 1 aromatic heterocycles. The van der Waals surface area contributed by atoms with Crippen LogP contribution in [0.2, 0.25) is 0 Å². The Morgan fingerprint density at radius 3 is 2.89 bits per heavy atom. The predicted molar refractivity (Wildman–Crippen MR) is 77.2 cm³/mol. The number of hydrogen-bond donors (Lipinski definition) is 1. The average Bonchev–Trinajstić information content (AvgIpc) is 2.42. The third-order valence-corrected chi connectivity index (χ3v) is 3.58. The van der Waals surface area contributed by atoms with Crippen LogP contribution in [-0.4, -0.2) is 30.0 Å². The molecule has 4 nitrogen and oxygen atoms in total. The van der Waals surface area contributed by atoms with Gasteiger partial charge in [0, 0.05) is 18.7 Å². The summed E-state index contributed by atoms with van der Waals surface area (Å²) in [5.74, 6) is 0.966. The van der Waals surface area contributed by atoms with Gasteiger partial charge in [-0.15, -0.1) is 0 Å². The van der Waals surface area contributed by atoms with Crippen molar-refractivity contribution in [2.45, 2.75) is 39.7 Å². The van der Waals surface area contributed by atoms with Crippen molar-refractivity contribution >= 4 is 11.7 Å². The first-order valence-electron chi connectivity index (χ1n) is 7.06. The van der Waals surface area contributed by atoms with Crippen molar-refractivity contribution in [2.24, 2.45) is 5.92 Å². The number of anilines is 1. The molecule has 1 aromatic rings. The minimum atomic E-state index is -0.0108. The summed E-state index contributed by atoms with van der Waals surface area (Å²) in [4.78, 5) is 18.9. The van der Waals surface area contributed by atoms with Gasteiger partial charge >= 0.3 is 0 Å². The van der Waals surface area contributed by atoms with Gasteiger partial charge in [0.2, 0.25) is 5.91 Å². The van der Waals surface area contributed by atoms with Crippen molar-refractivity contribution in [3.8, 4) is 0 Å². The van der Waals surface area contributed by atoms with E-state index in [0.29, 0.717) is 0 Å². The monoisotopic (exact) mass is 261 g/mol. The minimum absolute atomic E-state index is 0.0108. The second-order valence-corrected chi connectivity index (χ2v) is 5.51. The Morgan fingerprint density at radius 2 is 2.32 bits per heavy atom. The van der Waals surface area contributed by atoms with Crippen molar-refractivity contribution in [3.05, 3.63) is 23.9 Å². The summed E-state index contributed by atoms with van der Waals surface area (Å²) in [6.45, 7) is 7.81. The lowest BCUT2D eigenvalue weighted by Crippen LogP contribution is -2.50. The standard InChI is InChI=1S/C15H23N3O/c1-11(2)15(19)18(13-7-5-8-16-10-13)14-12(3)6-4-9-17-14/h4,6,9,11,13,16H,5,7-8,10H2,1-3H3. The van der Waals surface area contributed by atoms with Crippen LogP contribution in [0.4, 0.5) is 5.82 Å². The Bertz CT molecular complexity index is 439. The van der Waals surface area contributed by atoms with Crippen LogP contribution in [0.15, 0.2) is 18.3 Å². The first-order chi connectivity index (χ1) is 9.11. The molecule has 1 unspecified atom stereocenters. The number of aromatic nitrogens is 1. The van der Waals surface area contributed by atoms with Gasteiger partial charge in [0.05, 0.1) is 6.04 Å². The molecule has 1 amide bonds. The zero-order valence-electron chi connectivity index (χ0n) is 12.0. The van der Waals surface area contributed by atoms with Gasteiger partial charge in [-0.05, 0) is 37.9 Å². The molecule has 0 spiro atoms. The van der Waals surface area contributed by atoms with Gasteiger partial charge in [-0.2, -0.15) is 0 Å². The van der Waals surface area contributed by atoms with E-state index in [9.17, 15) is 4.79 Å². The molecule has 0 bridgehead atoms. The second kappa shape index (κ2) is 6.15. The van der Waals surface area contributed by atoms with Gasteiger partial charge in [-0.1, -0.05) is 19.9 Å². The molecule has 2 rings (SSSR count). The highest BCUT2D eigenvalue weighted by molar-refractivity contribution is 5.95. The third kappa shape index (κ3) is 3.13. The number of hydrogen-bond acceptors (Lipinski definition) is 3. The van der Waals surface area contributed by atoms with Gasteiger partial charge in [0.15, 0.2) is 0 Å². The zero-order chi connectivity index (χ0) is 13.8. The number of nitrogens with one attached hydrogen (secondary N) is 1. The molecule has 1 atom stereocenters. The summed E-state index contributed by atoms with van der Waals surface area (Å²) >= 11 is 0. The van der Waals surface area contributed by atoms with Gasteiger partial charge < -0.3 is 5.32 Å². The Hall–Kier alpha value is -1.42. The maximum Gasteiger partial charge on any atom is 0.231 e. The zero-order valence-corrected chi connectivity index (χ0v) is 12.0. The molecule has 1 N–H and O–H groups in total. The molecule has 1 aliphatic rings. The molecule has 1 fully saturated rings. The number of amides is 1. The number of carbonyl (C=O) groups excluding carboxylic acids is 1. The van der Waals surface area contributed by atoms with E-state index in [0.717, 1.165) is 37.3 Å². The van der Waals surface area contributed by atoms with E-state index >= 15 is 0 Å². The lowest BCUT2D eigenvalue weighted by Gasteiger charge is -2.35. The molecular weight excluding hydrogens is 238 g/mol. The van der Waals surface area contributed by atoms with Gasteiger partial charge in [-0.25, -0.2) is 4.98 Å². The van der Waals surface area contributed by atoms with E-state index < -0.39 is 0 Å². The van der Waals surface area contributed by atoms with Crippen LogP contribution in [0.3, 0.4) is 0 Å². The third-order valence-electron chi connectivity index (χ3n) is 3.58. The van der Waals surface area contributed by atoms with Crippen LogP contribution in [0, 0.1) is 12.8 Å². The molecule has 1 saturated heterocycles. The summed E-state index contributed by atoms with van der Waals surface area (Å²) < 4.78 is 0. The van der Waals surface area contributed by atoms with E-state index in [2.05, 4.69) is 10.3 Å². The summed E-state index contributed by atoms with van der Waals surface area (Å²) in [7, 11) is 0. The van der Waals surface area contributed by atoms with E-state index in [4.69, 9.17) is 0 Å². The summed E-state index contributed by atoms with van der Waals surface area (Å²) in [6, 6.07) is 4.15. The van der Waals surface area contributed by atoms with E-state index in [1.165, 1.54) is 0 Å². The van der Waals surface area contributed by atoms with Crippen LogP contribution in [-0.2, 0) is 4.79 Å². The predicted octanol–water partition coefficient (Wildman–Crippen LogP) is 2.13. The molecule has 4 heteroatoms. The Labute approximate surface area is 115 Å². The van der Waals surface area contributed by atoms with Crippen LogP contribution >= 0.6 is 0 Å². The molecule has 1 aliphatic heterocycles. The number of aryl methyl sites for hydroxylation is 1. The Kier molecular flexibility index (Phi) is 4.53. The van der Waals surface area contributed by atoms with Crippen molar-refractivity contribution in [1.29, 1.82) is 0 Å². The quantitative estimate of drug-likeness (QED) is 0.906. The first kappa shape index (κ1) is 14.0. The van der Waals surface area contributed by atoms with Gasteiger partial charge in [-0.3, -0.25) is 9.69 Å². The van der Waals surface area contributed by atoms with Crippen molar-refractivity contribution in [3.63, 3.8) is 0 Å². The lowest BCUT2D eigenvalue weighted by molar-refractivity contribution is -0.122. The number of pyridine rings is 1. The lowest BCUT2D eigenvalue weighted by atomic mass is 10.0. The summed E-state index contributed by atoms with van der Waals surface area (Å²) in [5.41, 5.74) is 1.06. The SMILES string of the molecule is Cc1cccnc1N(C(=O)C(C)C)C1CCCNC1. The molecule has 19 heavy (non-hydrogen) atoms. The van der Waals surface area contributed by atoms with E-state index in [1.807, 2.05) is 37.8 Å². The molecule has 104 valence electrons. The Balaban J connectivity index is 2.33. The van der Waals surface area contributed by atoms with Crippen molar-refractivity contribution in [2.75, 3.05) is 18.0 Å². The van der Waals surface area contributed by atoms with Crippen molar-refractivity contribution in [1.82, 2.24) is 10.3 Å². The summed E-state index contributed by atoms with van der Waals surface area (Å²) in [6.07, 6.45) is 3.92. The van der Waals surface area contributed by atoms with E-state index in [1.54, 1.807) is 6.20 Å². The van der Waals surface area contributed by atoms with Gasteiger partial charge in [0.1, 0.15) is 5.82 Å². The number of piperidine rings is 1. The normalized spacial score (nSPS) is 19.5. The molecule has 2 heterocycles. The van der Waals surface area contributed by atoms with E-state index in [-0.39, 0.29) is 17.9 Å². The number of rotatable bonds is 3. The summed E-state index contributed by atoms with van der Waals surface area (Å²) in [5, 5.41) is 3.38. The molecule has 0 aromatic carbocycles. The fourth-order valence-corrected chi connectivity index (χ4v) is 2.52. The highest BCUT2D eigenvalue weighted by Crippen LogP contribution is 2.24. The molecular formula is C15H23N3O. The Morgan fingerprint density at radius 1 is 1.53 bits per heavy atom. The fourth-order valence-electron chi connectivity index (χ4n) is 2.52. The topological polar surface area (TPSA) is 45.2 Å². The van der Waals surface area contributed by atoms with Crippen molar-refractivity contribution < 1.29 is 4.79 Å². The molecule has 0 aliphatic carbocycles. The van der Waals surface area contributed by atoms with Gasteiger partial charge in [0.25, 0.3) is 0 Å². The molecule has 0 saturated carbocycles. The first-order valence-corrected chi connectivity index (χ1v) is 7.06. The van der Waals surface area contributed by atoms with Crippen LogP contribution < -0.4 is 10.2 Å². The maximum atomic E-state index is 12.6. The fraction of sp³-hybridized carbons (Fsp3) is 0.600. The average molecular weight is 261 g/mol. The largest absolute Gasteiger partial charge is 0.315 e. The number of nitrogens with zero attached hydrogens (tertiary/aromatic N) is 2. The smallest absolute Gasteiger partial charge is 0.231 e. The highest BCUT2D eigenvalue weighted by atomic mass is 16.2. The maximum absolute atomic E-state index is 12.6. The minimum Gasteiger partial charge on any atom is -0.315 e. The van der Waals surface area contributed by atoms with Crippen LogP contribution in [0.5, 0.6) is 0 Å². The molecule has 0 radical (unpaired) electrons. The highest BCUT2D eigenvalue weighted by Gasteiger charge is 2.29. The van der Waals surface area contributed by atoms with Crippen LogP contribution in [0.25, 0.3) is 0 Å². The second-order valence-electron chi connectivity index (χ2n) is 5.51.